The highest BCUT2D eigenvalue weighted by atomic mass is 16.5. The van der Waals surface area contributed by atoms with Crippen molar-refractivity contribution in [3.8, 4) is 5.75 Å². The van der Waals surface area contributed by atoms with Crippen LogP contribution in [0.5, 0.6) is 5.75 Å². The number of amides is 1. The smallest absolute Gasteiger partial charge is 0.256 e. The first-order valence-electron chi connectivity index (χ1n) is 12.0. The summed E-state index contributed by atoms with van der Waals surface area (Å²) < 4.78 is 10.7. The van der Waals surface area contributed by atoms with E-state index in [2.05, 4.69) is 38.0 Å². The Morgan fingerprint density at radius 3 is 2.52 bits per heavy atom. The first kappa shape index (κ1) is 20.9. The number of methoxy groups -OCH3 is 1. The molecule has 5 heterocycles. The molecular formula is C25H31N5O3. The number of hydrogen-bond donors (Lipinski definition) is 0. The number of ether oxygens (including phenoxy) is 2. The summed E-state index contributed by atoms with van der Waals surface area (Å²) in [4.78, 5) is 28.7. The molecule has 0 atom stereocenters. The molecule has 4 aliphatic heterocycles. The molecule has 0 unspecified atom stereocenters. The second kappa shape index (κ2) is 8.25. The number of anilines is 1. The summed E-state index contributed by atoms with van der Waals surface area (Å²) in [7, 11) is 1.72. The lowest BCUT2D eigenvalue weighted by molar-refractivity contribution is -0.127. The lowest BCUT2D eigenvalue weighted by atomic mass is 9.78. The third kappa shape index (κ3) is 3.85. The Balaban J connectivity index is 1.02. The zero-order valence-corrected chi connectivity index (χ0v) is 19.2. The molecule has 1 aromatic carbocycles. The lowest BCUT2D eigenvalue weighted by Gasteiger charge is -2.54. The van der Waals surface area contributed by atoms with Gasteiger partial charge in [0.25, 0.3) is 5.91 Å². The van der Waals surface area contributed by atoms with Gasteiger partial charge in [0.15, 0.2) is 0 Å². The van der Waals surface area contributed by atoms with Crippen molar-refractivity contribution in [3.05, 3.63) is 47.3 Å². The van der Waals surface area contributed by atoms with Crippen molar-refractivity contribution in [3.63, 3.8) is 0 Å². The highest BCUT2D eigenvalue weighted by molar-refractivity contribution is 5.93. The molecule has 0 bridgehead atoms. The maximum atomic E-state index is 13.0. The van der Waals surface area contributed by atoms with Crippen LogP contribution < -0.4 is 9.64 Å². The van der Waals surface area contributed by atoms with Gasteiger partial charge in [-0.3, -0.25) is 9.69 Å². The average Bonchev–Trinajstić information content (AvgIpc) is 2.82. The SMILES string of the molecule is COc1ccc2c(c1)CCN(C1CCN(C(=O)c3cnc(N4CC5(COC5)C4)nc3)CC1)C2. The maximum absolute atomic E-state index is 13.0. The van der Waals surface area contributed by atoms with Crippen LogP contribution in [0.4, 0.5) is 5.95 Å². The van der Waals surface area contributed by atoms with E-state index < -0.39 is 0 Å². The van der Waals surface area contributed by atoms with Crippen molar-refractivity contribution < 1.29 is 14.3 Å². The van der Waals surface area contributed by atoms with E-state index in [1.54, 1.807) is 19.5 Å². The molecule has 1 aromatic heterocycles. The Hall–Kier alpha value is -2.71. The molecule has 1 amide bonds. The van der Waals surface area contributed by atoms with Crippen LogP contribution in [0.3, 0.4) is 0 Å². The zero-order chi connectivity index (χ0) is 22.4. The van der Waals surface area contributed by atoms with E-state index in [0.717, 1.165) is 77.5 Å². The van der Waals surface area contributed by atoms with Crippen molar-refractivity contribution in [2.75, 3.05) is 57.9 Å². The minimum absolute atomic E-state index is 0.0450. The predicted octanol–water partition coefficient (Wildman–Crippen LogP) is 1.98. The quantitative estimate of drug-likeness (QED) is 0.707. The summed E-state index contributed by atoms with van der Waals surface area (Å²) >= 11 is 0. The molecule has 33 heavy (non-hydrogen) atoms. The Morgan fingerprint density at radius 2 is 1.85 bits per heavy atom. The van der Waals surface area contributed by atoms with Crippen LogP contribution in [0.1, 0.15) is 34.3 Å². The van der Waals surface area contributed by atoms with Gasteiger partial charge in [-0.2, -0.15) is 0 Å². The topological polar surface area (TPSA) is 71.0 Å². The highest BCUT2D eigenvalue weighted by Gasteiger charge is 2.49. The zero-order valence-electron chi connectivity index (χ0n) is 19.2. The standard InChI is InChI=1S/C25H31N5O3/c1-32-22-3-2-19-13-29(7-4-18(19)10-22)21-5-8-28(9-6-21)23(31)20-11-26-24(27-12-20)30-14-25(15-30)16-33-17-25/h2-3,10-12,21H,4-9,13-17H2,1H3. The molecule has 174 valence electrons. The molecule has 2 aromatic rings. The molecule has 4 aliphatic rings. The average molecular weight is 450 g/mol. The Morgan fingerprint density at radius 1 is 1.09 bits per heavy atom. The molecule has 8 nitrogen and oxygen atoms in total. The van der Waals surface area contributed by atoms with Gasteiger partial charge >= 0.3 is 0 Å². The van der Waals surface area contributed by atoms with E-state index >= 15 is 0 Å². The molecule has 3 saturated heterocycles. The highest BCUT2D eigenvalue weighted by Crippen LogP contribution is 2.38. The number of aromatic nitrogens is 2. The van der Waals surface area contributed by atoms with E-state index in [0.29, 0.717) is 23.0 Å². The maximum Gasteiger partial charge on any atom is 0.256 e. The van der Waals surface area contributed by atoms with E-state index in [-0.39, 0.29) is 5.91 Å². The van der Waals surface area contributed by atoms with Gasteiger partial charge in [-0.25, -0.2) is 9.97 Å². The monoisotopic (exact) mass is 449 g/mol. The number of fused-ring (bicyclic) bond motifs is 1. The summed E-state index contributed by atoms with van der Waals surface area (Å²) in [5.74, 6) is 1.70. The molecule has 0 N–H and O–H groups in total. The van der Waals surface area contributed by atoms with Crippen LogP contribution in [-0.2, 0) is 17.7 Å². The van der Waals surface area contributed by atoms with Gasteiger partial charge in [-0.05, 0) is 42.5 Å². The molecule has 3 fully saturated rings. The molecule has 8 heteroatoms. The second-order valence-electron chi connectivity index (χ2n) is 10.00. The van der Waals surface area contributed by atoms with E-state index in [1.165, 1.54) is 11.1 Å². The molecule has 0 radical (unpaired) electrons. The Kier molecular flexibility index (Phi) is 5.22. The summed E-state index contributed by atoms with van der Waals surface area (Å²) in [6.07, 6.45) is 6.45. The van der Waals surface area contributed by atoms with Gasteiger partial charge in [0.05, 0.1) is 31.3 Å². The molecule has 6 rings (SSSR count). The molecule has 0 saturated carbocycles. The van der Waals surface area contributed by atoms with Crippen molar-refractivity contribution in [1.82, 2.24) is 19.8 Å². The number of hydrogen-bond acceptors (Lipinski definition) is 7. The van der Waals surface area contributed by atoms with Crippen LogP contribution in [0, 0.1) is 5.41 Å². The number of carbonyl (C=O) groups excluding carboxylic acids is 1. The van der Waals surface area contributed by atoms with Gasteiger partial charge in [-0.1, -0.05) is 6.07 Å². The molecule has 0 aliphatic carbocycles. The normalized spacial score (nSPS) is 22.5. The van der Waals surface area contributed by atoms with Crippen molar-refractivity contribution in [2.24, 2.45) is 5.41 Å². The summed E-state index contributed by atoms with van der Waals surface area (Å²) in [5.41, 5.74) is 3.71. The van der Waals surface area contributed by atoms with Gasteiger partial charge in [0.2, 0.25) is 5.95 Å². The van der Waals surface area contributed by atoms with Gasteiger partial charge in [-0.15, -0.1) is 0 Å². The lowest BCUT2D eigenvalue weighted by Crippen LogP contribution is -2.66. The minimum atomic E-state index is 0.0450. The van der Waals surface area contributed by atoms with Crippen LogP contribution in [0.15, 0.2) is 30.6 Å². The number of piperidine rings is 1. The Labute approximate surface area is 194 Å². The fourth-order valence-corrected chi connectivity index (χ4v) is 5.68. The number of carbonyl (C=O) groups is 1. The Bertz CT molecular complexity index is 1020. The van der Waals surface area contributed by atoms with Crippen molar-refractivity contribution >= 4 is 11.9 Å². The van der Waals surface area contributed by atoms with Gasteiger partial charge < -0.3 is 19.3 Å². The molecule has 1 spiro atoms. The number of nitrogens with zero attached hydrogens (tertiary/aromatic N) is 5. The van der Waals surface area contributed by atoms with Crippen molar-refractivity contribution in [1.29, 1.82) is 0 Å². The summed E-state index contributed by atoms with van der Waals surface area (Å²) in [6.45, 7) is 7.20. The fourth-order valence-electron chi connectivity index (χ4n) is 5.68. The fraction of sp³-hybridized carbons (Fsp3) is 0.560. The van der Waals surface area contributed by atoms with Crippen LogP contribution in [0.2, 0.25) is 0 Å². The second-order valence-corrected chi connectivity index (χ2v) is 10.00. The molecular weight excluding hydrogens is 418 g/mol. The van der Waals surface area contributed by atoms with E-state index in [4.69, 9.17) is 9.47 Å². The van der Waals surface area contributed by atoms with E-state index in [1.807, 2.05) is 4.90 Å². The first-order valence-corrected chi connectivity index (χ1v) is 12.0. The number of benzene rings is 1. The first-order chi connectivity index (χ1) is 16.1. The number of likely N-dealkylation sites (tertiary alicyclic amines) is 1. The van der Waals surface area contributed by atoms with Gasteiger partial charge in [0, 0.05) is 57.7 Å². The third-order valence-electron chi connectivity index (χ3n) is 7.76. The van der Waals surface area contributed by atoms with Crippen LogP contribution >= 0.6 is 0 Å². The summed E-state index contributed by atoms with van der Waals surface area (Å²) in [6, 6.07) is 6.95. The van der Waals surface area contributed by atoms with Crippen LogP contribution in [0.25, 0.3) is 0 Å². The number of rotatable bonds is 4. The van der Waals surface area contributed by atoms with Crippen molar-refractivity contribution in [2.45, 2.75) is 31.8 Å². The largest absolute Gasteiger partial charge is 0.497 e. The minimum Gasteiger partial charge on any atom is -0.497 e. The third-order valence-corrected chi connectivity index (χ3v) is 7.76. The van der Waals surface area contributed by atoms with Crippen LogP contribution in [-0.4, -0.2) is 84.8 Å². The predicted molar refractivity (Wildman–Crippen MR) is 124 cm³/mol. The summed E-state index contributed by atoms with van der Waals surface area (Å²) in [5, 5.41) is 0. The van der Waals surface area contributed by atoms with Gasteiger partial charge in [0.1, 0.15) is 5.75 Å². The van der Waals surface area contributed by atoms with E-state index in [9.17, 15) is 4.79 Å².